The number of anilines is 1. The van der Waals surface area contributed by atoms with Crippen LogP contribution in [0.3, 0.4) is 0 Å². The summed E-state index contributed by atoms with van der Waals surface area (Å²) in [5.74, 6) is 0.114. The molecule has 1 heterocycles. The first kappa shape index (κ1) is 16.5. The Labute approximate surface area is 134 Å². The lowest BCUT2D eigenvalue weighted by molar-refractivity contribution is -0.120. The SMILES string of the molecule is CCCCNc1nnc(SC(C)C(=O)NC2CCCC2)s1. The van der Waals surface area contributed by atoms with Crippen molar-refractivity contribution in [3.63, 3.8) is 0 Å². The number of aromatic nitrogens is 2. The van der Waals surface area contributed by atoms with Crippen molar-refractivity contribution < 1.29 is 4.79 Å². The van der Waals surface area contributed by atoms with E-state index >= 15 is 0 Å². The van der Waals surface area contributed by atoms with Crippen molar-refractivity contribution in [3.05, 3.63) is 0 Å². The lowest BCUT2D eigenvalue weighted by atomic mass is 10.2. The van der Waals surface area contributed by atoms with Gasteiger partial charge in [0.2, 0.25) is 11.0 Å². The molecule has 2 N–H and O–H groups in total. The quantitative estimate of drug-likeness (QED) is 0.566. The molecule has 0 aliphatic heterocycles. The third-order valence-corrected chi connectivity index (χ3v) is 5.63. The summed E-state index contributed by atoms with van der Waals surface area (Å²) >= 11 is 3.01. The van der Waals surface area contributed by atoms with Gasteiger partial charge in [-0.1, -0.05) is 49.3 Å². The van der Waals surface area contributed by atoms with Crippen molar-refractivity contribution in [2.45, 2.75) is 68.0 Å². The summed E-state index contributed by atoms with van der Waals surface area (Å²) in [6, 6.07) is 0.376. The van der Waals surface area contributed by atoms with Crippen molar-refractivity contribution >= 4 is 34.1 Å². The summed E-state index contributed by atoms with van der Waals surface area (Å²) < 4.78 is 0.850. The Morgan fingerprint density at radius 3 is 2.90 bits per heavy atom. The molecule has 21 heavy (non-hydrogen) atoms. The normalized spacial score (nSPS) is 16.9. The zero-order valence-corrected chi connectivity index (χ0v) is 14.4. The molecular weight excluding hydrogens is 304 g/mol. The van der Waals surface area contributed by atoms with E-state index in [-0.39, 0.29) is 11.2 Å². The molecule has 1 amide bonds. The van der Waals surface area contributed by atoms with Crippen LogP contribution in [0.15, 0.2) is 4.34 Å². The number of thioether (sulfide) groups is 1. The fraction of sp³-hybridized carbons (Fsp3) is 0.786. The van der Waals surface area contributed by atoms with Crippen molar-refractivity contribution in [2.24, 2.45) is 0 Å². The lowest BCUT2D eigenvalue weighted by Crippen LogP contribution is -2.37. The maximum Gasteiger partial charge on any atom is 0.233 e. The predicted molar refractivity (Wildman–Crippen MR) is 89.0 cm³/mol. The van der Waals surface area contributed by atoms with E-state index in [1.54, 1.807) is 0 Å². The number of nitrogens with zero attached hydrogens (tertiary/aromatic N) is 2. The molecule has 1 unspecified atom stereocenters. The van der Waals surface area contributed by atoms with E-state index in [0.717, 1.165) is 41.7 Å². The summed E-state index contributed by atoms with van der Waals surface area (Å²) in [4.78, 5) is 12.1. The summed E-state index contributed by atoms with van der Waals surface area (Å²) in [5.41, 5.74) is 0. The fourth-order valence-electron chi connectivity index (χ4n) is 2.29. The summed E-state index contributed by atoms with van der Waals surface area (Å²) in [5, 5.41) is 15.4. The van der Waals surface area contributed by atoms with Gasteiger partial charge in [-0.05, 0) is 26.2 Å². The van der Waals surface area contributed by atoms with Crippen LogP contribution in [-0.4, -0.2) is 33.9 Å². The van der Waals surface area contributed by atoms with Crippen molar-refractivity contribution in [3.8, 4) is 0 Å². The molecule has 1 fully saturated rings. The first-order valence-electron chi connectivity index (χ1n) is 7.73. The minimum Gasteiger partial charge on any atom is -0.360 e. The van der Waals surface area contributed by atoms with Gasteiger partial charge in [0.25, 0.3) is 0 Å². The highest BCUT2D eigenvalue weighted by Gasteiger charge is 2.22. The Hall–Kier alpha value is -0.820. The largest absolute Gasteiger partial charge is 0.360 e. The molecule has 7 heteroatoms. The van der Waals surface area contributed by atoms with E-state index in [2.05, 4.69) is 27.8 Å². The van der Waals surface area contributed by atoms with Crippen molar-refractivity contribution in [2.75, 3.05) is 11.9 Å². The van der Waals surface area contributed by atoms with E-state index in [9.17, 15) is 4.79 Å². The molecule has 118 valence electrons. The number of amides is 1. The molecule has 2 rings (SSSR count). The average molecular weight is 329 g/mol. The van der Waals surface area contributed by atoms with Gasteiger partial charge in [0.1, 0.15) is 0 Å². The average Bonchev–Trinajstić information content (AvgIpc) is 3.11. The number of rotatable bonds is 8. The summed E-state index contributed by atoms with van der Waals surface area (Å²) in [7, 11) is 0. The second-order valence-electron chi connectivity index (χ2n) is 5.40. The van der Waals surface area contributed by atoms with E-state index in [1.807, 2.05) is 6.92 Å². The van der Waals surface area contributed by atoms with E-state index < -0.39 is 0 Å². The molecule has 5 nitrogen and oxygen atoms in total. The number of unbranched alkanes of at least 4 members (excludes halogenated alkanes) is 1. The molecule has 0 bridgehead atoms. The third kappa shape index (κ3) is 5.47. The van der Waals surface area contributed by atoms with Crippen LogP contribution in [0.2, 0.25) is 0 Å². The second-order valence-corrected chi connectivity index (χ2v) is 7.97. The van der Waals surface area contributed by atoms with Gasteiger partial charge in [0, 0.05) is 12.6 Å². The van der Waals surface area contributed by atoms with Crippen molar-refractivity contribution in [1.82, 2.24) is 15.5 Å². The number of hydrogen-bond acceptors (Lipinski definition) is 6. The highest BCUT2D eigenvalue weighted by Crippen LogP contribution is 2.29. The van der Waals surface area contributed by atoms with Crippen molar-refractivity contribution in [1.29, 1.82) is 0 Å². The van der Waals surface area contributed by atoms with Gasteiger partial charge in [-0.3, -0.25) is 4.79 Å². The molecule has 1 aliphatic carbocycles. The van der Waals surface area contributed by atoms with Gasteiger partial charge < -0.3 is 10.6 Å². The third-order valence-electron chi connectivity index (χ3n) is 3.56. The monoisotopic (exact) mass is 328 g/mol. The minimum atomic E-state index is -0.123. The summed E-state index contributed by atoms with van der Waals surface area (Å²) in [6.07, 6.45) is 6.99. The van der Waals surface area contributed by atoms with Crippen LogP contribution in [0.5, 0.6) is 0 Å². The molecule has 0 saturated heterocycles. The van der Waals surface area contributed by atoms with Crippen LogP contribution in [0.4, 0.5) is 5.13 Å². The Bertz CT molecular complexity index is 446. The smallest absolute Gasteiger partial charge is 0.233 e. The molecule has 1 aromatic rings. The van der Waals surface area contributed by atoms with Gasteiger partial charge in [-0.2, -0.15) is 0 Å². The van der Waals surface area contributed by atoms with Crippen LogP contribution < -0.4 is 10.6 Å². The van der Waals surface area contributed by atoms with Crippen LogP contribution in [0, 0.1) is 0 Å². The molecule has 1 aliphatic rings. The first-order valence-corrected chi connectivity index (χ1v) is 9.43. The van der Waals surface area contributed by atoms with E-state index in [4.69, 9.17) is 0 Å². The van der Waals surface area contributed by atoms with Gasteiger partial charge >= 0.3 is 0 Å². The fourth-order valence-corrected chi connectivity index (χ4v) is 4.23. The van der Waals surface area contributed by atoms with Gasteiger partial charge in [0.05, 0.1) is 5.25 Å². The van der Waals surface area contributed by atoms with E-state index in [1.165, 1.54) is 35.9 Å². The molecule has 1 saturated carbocycles. The molecular formula is C14H24N4OS2. The lowest BCUT2D eigenvalue weighted by Gasteiger charge is -2.15. The van der Waals surface area contributed by atoms with Crippen LogP contribution in [0.25, 0.3) is 0 Å². The second kappa shape index (κ2) is 8.58. The zero-order chi connectivity index (χ0) is 15.1. The number of hydrogen-bond donors (Lipinski definition) is 2. The highest BCUT2D eigenvalue weighted by molar-refractivity contribution is 8.02. The molecule has 1 aromatic heterocycles. The van der Waals surface area contributed by atoms with Crippen LogP contribution >= 0.6 is 23.1 Å². The standard InChI is InChI=1S/C14H24N4OS2/c1-3-4-9-15-13-17-18-14(21-13)20-10(2)12(19)16-11-7-5-6-8-11/h10-11H,3-9H2,1-2H3,(H,15,17)(H,16,19). The topological polar surface area (TPSA) is 66.9 Å². The predicted octanol–water partition coefficient (Wildman–Crippen LogP) is 3.29. The number of carbonyl (C=O) groups is 1. The molecule has 1 atom stereocenters. The van der Waals surface area contributed by atoms with E-state index in [0.29, 0.717) is 6.04 Å². The Morgan fingerprint density at radius 1 is 1.43 bits per heavy atom. The maximum absolute atomic E-state index is 12.1. The van der Waals surface area contributed by atoms with Crippen LogP contribution in [-0.2, 0) is 4.79 Å². The number of carbonyl (C=O) groups excluding carboxylic acids is 1. The maximum atomic E-state index is 12.1. The summed E-state index contributed by atoms with van der Waals surface area (Å²) in [6.45, 7) is 5.02. The molecule has 0 radical (unpaired) electrons. The molecule has 0 aromatic carbocycles. The first-order chi connectivity index (χ1) is 10.2. The van der Waals surface area contributed by atoms with Gasteiger partial charge in [0.15, 0.2) is 4.34 Å². The Morgan fingerprint density at radius 2 is 2.19 bits per heavy atom. The van der Waals surface area contributed by atoms with Gasteiger partial charge in [-0.15, -0.1) is 10.2 Å². The Kier molecular flexibility index (Phi) is 6.76. The minimum absolute atomic E-state index is 0.114. The van der Waals surface area contributed by atoms with Crippen LogP contribution in [0.1, 0.15) is 52.4 Å². The van der Waals surface area contributed by atoms with Gasteiger partial charge in [-0.25, -0.2) is 0 Å². The highest BCUT2D eigenvalue weighted by atomic mass is 32.2. The Balaban J connectivity index is 1.76. The zero-order valence-electron chi connectivity index (χ0n) is 12.7. The number of nitrogens with one attached hydrogen (secondary N) is 2. The molecule has 0 spiro atoms.